The van der Waals surface area contributed by atoms with Gasteiger partial charge in [0.2, 0.25) is 0 Å². The van der Waals surface area contributed by atoms with Crippen molar-refractivity contribution < 1.29 is 19.7 Å². The molecule has 2 N–H and O–H groups in total. The van der Waals surface area contributed by atoms with Crippen molar-refractivity contribution >= 4 is 5.78 Å². The molecule has 0 saturated heterocycles. The SMILES string of the molecule is CC/C=C\CC/C=C/C=C\C=C\[C@@H](O)CCOc1ccc(CCC(=O)CO)cc1. The number of rotatable bonds is 15. The van der Waals surface area contributed by atoms with E-state index in [1.807, 2.05) is 48.6 Å². The van der Waals surface area contributed by atoms with Crippen LogP contribution in [-0.4, -0.2) is 35.3 Å². The minimum absolute atomic E-state index is 0.155. The first-order chi connectivity index (χ1) is 14.2. The Balaban J connectivity index is 2.19. The lowest BCUT2D eigenvalue weighted by Gasteiger charge is -2.09. The number of aliphatic hydroxyl groups is 2. The molecular formula is C25H34O4. The zero-order valence-corrected chi connectivity index (χ0v) is 17.4. The maximum absolute atomic E-state index is 11.1. The topological polar surface area (TPSA) is 66.8 Å². The van der Waals surface area contributed by atoms with Crippen LogP contribution in [0.15, 0.2) is 72.9 Å². The first kappa shape index (κ1) is 24.6. The highest BCUT2D eigenvalue weighted by atomic mass is 16.5. The van der Waals surface area contributed by atoms with Crippen molar-refractivity contribution in [1.29, 1.82) is 0 Å². The van der Waals surface area contributed by atoms with Crippen LogP contribution in [0.3, 0.4) is 0 Å². The average molecular weight is 399 g/mol. The molecule has 4 nitrogen and oxygen atoms in total. The summed E-state index contributed by atoms with van der Waals surface area (Å²) < 4.78 is 5.64. The van der Waals surface area contributed by atoms with Gasteiger partial charge < -0.3 is 14.9 Å². The molecule has 1 rings (SSSR count). The van der Waals surface area contributed by atoms with E-state index in [4.69, 9.17) is 9.84 Å². The monoisotopic (exact) mass is 398 g/mol. The van der Waals surface area contributed by atoms with Crippen LogP contribution in [0.25, 0.3) is 0 Å². The first-order valence-corrected chi connectivity index (χ1v) is 10.3. The Morgan fingerprint density at radius 2 is 1.76 bits per heavy atom. The number of carbonyl (C=O) groups is 1. The summed E-state index contributed by atoms with van der Waals surface area (Å²) in [6.45, 7) is 2.15. The van der Waals surface area contributed by atoms with Crippen molar-refractivity contribution in [3.8, 4) is 5.75 Å². The Labute approximate surface area is 174 Å². The standard InChI is InChI=1S/C25H34O4/c1-2-3-4-5-6-7-8-9-10-11-12-23(27)19-20-29-25-17-14-22(15-18-25)13-16-24(28)21-26/h3-4,7-12,14-15,17-18,23,26-27H,2,5-6,13,16,19-21H2,1H3/b4-3-,8-7+,10-9-,12-11+/t23-/m1/s1. The average Bonchev–Trinajstić information content (AvgIpc) is 2.74. The molecular weight excluding hydrogens is 364 g/mol. The first-order valence-electron chi connectivity index (χ1n) is 10.3. The van der Waals surface area contributed by atoms with Gasteiger partial charge in [0.1, 0.15) is 12.4 Å². The number of benzene rings is 1. The zero-order chi connectivity index (χ0) is 21.2. The Morgan fingerprint density at radius 1 is 1.03 bits per heavy atom. The summed E-state index contributed by atoms with van der Waals surface area (Å²) in [6.07, 6.45) is 20.1. The van der Waals surface area contributed by atoms with Gasteiger partial charge in [0.25, 0.3) is 0 Å². The summed E-state index contributed by atoms with van der Waals surface area (Å²) in [5.41, 5.74) is 1.03. The van der Waals surface area contributed by atoms with Crippen molar-refractivity contribution in [2.45, 2.75) is 51.6 Å². The second kappa shape index (κ2) is 16.5. The lowest BCUT2D eigenvalue weighted by molar-refractivity contribution is -0.121. The van der Waals surface area contributed by atoms with Crippen LogP contribution in [0.4, 0.5) is 0 Å². The summed E-state index contributed by atoms with van der Waals surface area (Å²) in [6, 6.07) is 7.53. The highest BCUT2D eigenvalue weighted by molar-refractivity contribution is 5.79. The van der Waals surface area contributed by atoms with Gasteiger partial charge in [-0.05, 0) is 43.4 Å². The third-order valence-electron chi connectivity index (χ3n) is 4.18. The number of unbranched alkanes of at least 4 members (excludes halogenated alkanes) is 1. The maximum atomic E-state index is 11.1. The summed E-state index contributed by atoms with van der Waals surface area (Å²) in [7, 11) is 0. The maximum Gasteiger partial charge on any atom is 0.158 e. The number of hydrogen-bond acceptors (Lipinski definition) is 4. The van der Waals surface area contributed by atoms with Crippen LogP contribution in [-0.2, 0) is 11.2 Å². The summed E-state index contributed by atoms with van der Waals surface area (Å²) in [4.78, 5) is 11.1. The predicted molar refractivity (Wildman–Crippen MR) is 119 cm³/mol. The van der Waals surface area contributed by atoms with Crippen LogP contribution < -0.4 is 4.74 Å². The van der Waals surface area contributed by atoms with E-state index in [9.17, 15) is 9.90 Å². The van der Waals surface area contributed by atoms with E-state index in [0.29, 0.717) is 25.9 Å². The fourth-order valence-electron chi connectivity index (χ4n) is 2.48. The van der Waals surface area contributed by atoms with E-state index in [0.717, 1.165) is 30.6 Å². The van der Waals surface area contributed by atoms with Crippen molar-refractivity contribution in [3.05, 3.63) is 78.4 Å². The summed E-state index contributed by atoms with van der Waals surface area (Å²) in [5, 5.41) is 18.7. The molecule has 1 aromatic carbocycles. The molecule has 0 bridgehead atoms. The molecule has 0 aliphatic carbocycles. The second-order valence-electron chi connectivity index (χ2n) is 6.70. The molecule has 0 fully saturated rings. The normalized spacial score (nSPS) is 13.2. The number of aryl methyl sites for hydroxylation is 1. The van der Waals surface area contributed by atoms with E-state index >= 15 is 0 Å². The highest BCUT2D eigenvalue weighted by Gasteiger charge is 2.02. The van der Waals surface area contributed by atoms with Gasteiger partial charge in [0.15, 0.2) is 5.78 Å². The van der Waals surface area contributed by atoms with Crippen LogP contribution >= 0.6 is 0 Å². The van der Waals surface area contributed by atoms with E-state index in [-0.39, 0.29) is 5.78 Å². The van der Waals surface area contributed by atoms with E-state index < -0.39 is 12.7 Å². The second-order valence-corrected chi connectivity index (χ2v) is 6.70. The molecule has 0 radical (unpaired) electrons. The van der Waals surface area contributed by atoms with Gasteiger partial charge >= 0.3 is 0 Å². The molecule has 0 aliphatic rings. The van der Waals surface area contributed by atoms with Crippen molar-refractivity contribution in [3.63, 3.8) is 0 Å². The Bertz CT molecular complexity index is 669. The minimum Gasteiger partial charge on any atom is -0.493 e. The summed E-state index contributed by atoms with van der Waals surface area (Å²) >= 11 is 0. The number of ether oxygens (including phenoxy) is 1. The third-order valence-corrected chi connectivity index (χ3v) is 4.18. The molecule has 0 aliphatic heterocycles. The number of Topliss-reactive ketones (excluding diaryl/α,β-unsaturated/α-hetero) is 1. The number of ketones is 1. The van der Waals surface area contributed by atoms with Gasteiger partial charge in [-0.25, -0.2) is 0 Å². The Morgan fingerprint density at radius 3 is 2.48 bits per heavy atom. The number of aliphatic hydroxyl groups excluding tert-OH is 2. The van der Waals surface area contributed by atoms with Crippen molar-refractivity contribution in [2.24, 2.45) is 0 Å². The Hall–Kier alpha value is -2.43. The fraction of sp³-hybridized carbons (Fsp3) is 0.400. The quantitative estimate of drug-likeness (QED) is 0.255. The highest BCUT2D eigenvalue weighted by Crippen LogP contribution is 2.14. The van der Waals surface area contributed by atoms with E-state index in [1.165, 1.54) is 0 Å². The smallest absolute Gasteiger partial charge is 0.158 e. The lowest BCUT2D eigenvalue weighted by Crippen LogP contribution is -2.09. The third kappa shape index (κ3) is 13.4. The molecule has 29 heavy (non-hydrogen) atoms. The molecule has 158 valence electrons. The zero-order valence-electron chi connectivity index (χ0n) is 17.4. The van der Waals surface area contributed by atoms with E-state index in [2.05, 4.69) is 25.2 Å². The molecule has 0 spiro atoms. The Kier molecular flexibility index (Phi) is 14.0. The molecule has 0 heterocycles. The predicted octanol–water partition coefficient (Wildman–Crippen LogP) is 4.73. The lowest BCUT2D eigenvalue weighted by atomic mass is 10.1. The van der Waals surface area contributed by atoms with Crippen molar-refractivity contribution in [2.75, 3.05) is 13.2 Å². The van der Waals surface area contributed by atoms with Gasteiger partial charge in [0, 0.05) is 12.8 Å². The molecule has 1 aromatic rings. The largest absolute Gasteiger partial charge is 0.493 e. The van der Waals surface area contributed by atoms with Crippen molar-refractivity contribution in [1.82, 2.24) is 0 Å². The fourth-order valence-corrected chi connectivity index (χ4v) is 2.48. The molecule has 1 atom stereocenters. The molecule has 0 amide bonds. The van der Waals surface area contributed by atoms with Gasteiger partial charge in [-0.2, -0.15) is 0 Å². The van der Waals surface area contributed by atoms with Crippen LogP contribution in [0, 0.1) is 0 Å². The number of hydrogen-bond donors (Lipinski definition) is 2. The summed E-state index contributed by atoms with van der Waals surface area (Å²) in [5.74, 6) is 0.579. The van der Waals surface area contributed by atoms with Crippen LogP contribution in [0.2, 0.25) is 0 Å². The molecule has 4 heteroatoms. The number of carbonyl (C=O) groups excluding carboxylic acids is 1. The van der Waals surface area contributed by atoms with Gasteiger partial charge in [-0.1, -0.05) is 67.7 Å². The van der Waals surface area contributed by atoms with Gasteiger partial charge in [-0.3, -0.25) is 4.79 Å². The molecule has 0 saturated carbocycles. The van der Waals surface area contributed by atoms with Crippen LogP contribution in [0.5, 0.6) is 5.75 Å². The minimum atomic E-state index is -0.549. The molecule has 0 unspecified atom stereocenters. The van der Waals surface area contributed by atoms with Gasteiger partial charge in [0.05, 0.1) is 12.7 Å². The molecule has 0 aromatic heterocycles. The van der Waals surface area contributed by atoms with E-state index in [1.54, 1.807) is 6.08 Å². The number of allylic oxidation sites excluding steroid dienone is 7. The van der Waals surface area contributed by atoms with Gasteiger partial charge in [-0.15, -0.1) is 0 Å². The van der Waals surface area contributed by atoms with Crippen LogP contribution in [0.1, 0.15) is 44.6 Å².